The summed E-state index contributed by atoms with van der Waals surface area (Å²) in [7, 11) is -0.410. The molecule has 1 aliphatic heterocycles. The maximum absolute atomic E-state index is 11.5. The molecule has 0 aliphatic carbocycles. The number of primary amides is 1. The van der Waals surface area contributed by atoms with Gasteiger partial charge in [-0.3, -0.25) is 4.79 Å². The van der Waals surface area contributed by atoms with E-state index in [0.29, 0.717) is 5.69 Å². The number of hydrogen-bond acceptors (Lipinski definition) is 5. The predicted octanol–water partition coefficient (Wildman–Crippen LogP) is 2.54. The van der Waals surface area contributed by atoms with Gasteiger partial charge in [-0.05, 0) is 44.3 Å². The Labute approximate surface area is 169 Å². The highest BCUT2D eigenvalue weighted by atomic mass is 16.7. The molecule has 3 N–H and O–H groups in total. The van der Waals surface area contributed by atoms with Crippen LogP contribution in [0.5, 0.6) is 0 Å². The fourth-order valence-corrected chi connectivity index (χ4v) is 3.27. The first kappa shape index (κ1) is 19.4. The van der Waals surface area contributed by atoms with Crippen LogP contribution in [0.3, 0.4) is 0 Å². The summed E-state index contributed by atoms with van der Waals surface area (Å²) < 4.78 is 12.3. The number of nitrogens with one attached hydrogen (secondary N) is 1. The van der Waals surface area contributed by atoms with Gasteiger partial charge in [-0.25, -0.2) is 0 Å². The van der Waals surface area contributed by atoms with E-state index in [-0.39, 0.29) is 16.9 Å². The monoisotopic (exact) mass is 390 g/mol. The van der Waals surface area contributed by atoms with Crippen molar-refractivity contribution in [3.8, 4) is 22.4 Å². The van der Waals surface area contributed by atoms with Crippen LogP contribution in [0.15, 0.2) is 48.5 Å². The lowest BCUT2D eigenvalue weighted by Crippen LogP contribution is -2.41. The number of nitrogens with two attached hydrogens (primary N) is 1. The standard InChI is InChI=1S/C21H23BN4O3/c1-20(2)21(3,4)29-22(28-20)16-7-5-6-15(12-16)13-8-10-14(11-9-13)17-18(19(23)27)25-26-24-17/h5-12H,1-4H3,(H2,23,27)(H,24,25,26). The molecule has 29 heavy (non-hydrogen) atoms. The molecule has 1 aliphatic rings. The molecule has 2 aromatic carbocycles. The van der Waals surface area contributed by atoms with E-state index >= 15 is 0 Å². The van der Waals surface area contributed by atoms with Gasteiger partial charge in [-0.1, -0.05) is 48.5 Å². The molecule has 7 nitrogen and oxygen atoms in total. The van der Waals surface area contributed by atoms with Gasteiger partial charge in [0.1, 0.15) is 5.69 Å². The quantitative estimate of drug-likeness (QED) is 0.667. The Morgan fingerprint density at radius 1 is 0.931 bits per heavy atom. The van der Waals surface area contributed by atoms with Gasteiger partial charge in [0.25, 0.3) is 5.91 Å². The van der Waals surface area contributed by atoms with Crippen LogP contribution in [0.25, 0.3) is 22.4 Å². The van der Waals surface area contributed by atoms with Crippen LogP contribution in [0.4, 0.5) is 0 Å². The van der Waals surface area contributed by atoms with Gasteiger partial charge in [0.15, 0.2) is 5.69 Å². The molecule has 148 valence electrons. The lowest BCUT2D eigenvalue weighted by Gasteiger charge is -2.32. The molecule has 4 rings (SSSR count). The Hall–Kier alpha value is -2.97. The minimum atomic E-state index is -0.618. The van der Waals surface area contributed by atoms with E-state index in [2.05, 4.69) is 21.5 Å². The van der Waals surface area contributed by atoms with Crippen molar-refractivity contribution in [1.29, 1.82) is 0 Å². The molecule has 1 aromatic heterocycles. The second-order valence-electron chi connectivity index (χ2n) is 8.18. The van der Waals surface area contributed by atoms with Crippen molar-refractivity contribution in [2.75, 3.05) is 0 Å². The van der Waals surface area contributed by atoms with Gasteiger partial charge in [0.2, 0.25) is 0 Å². The molecule has 2 heterocycles. The van der Waals surface area contributed by atoms with Crippen molar-refractivity contribution in [2.45, 2.75) is 38.9 Å². The molecular formula is C21H23BN4O3. The Balaban J connectivity index is 1.61. The second-order valence-corrected chi connectivity index (χ2v) is 8.18. The van der Waals surface area contributed by atoms with Gasteiger partial charge in [-0.15, -0.1) is 0 Å². The van der Waals surface area contributed by atoms with E-state index in [1.807, 2.05) is 70.2 Å². The lowest BCUT2D eigenvalue weighted by molar-refractivity contribution is 0.00578. The fraction of sp³-hybridized carbons (Fsp3) is 0.286. The fourth-order valence-electron chi connectivity index (χ4n) is 3.27. The smallest absolute Gasteiger partial charge is 0.399 e. The molecule has 0 saturated carbocycles. The summed E-state index contributed by atoms with van der Waals surface area (Å²) in [4.78, 5) is 11.5. The highest BCUT2D eigenvalue weighted by molar-refractivity contribution is 6.62. The van der Waals surface area contributed by atoms with Gasteiger partial charge in [-0.2, -0.15) is 15.4 Å². The number of carbonyl (C=O) groups is 1. The first-order valence-corrected chi connectivity index (χ1v) is 9.45. The zero-order valence-corrected chi connectivity index (χ0v) is 16.9. The Kier molecular flexibility index (Phi) is 4.55. The molecule has 1 amide bonds. The summed E-state index contributed by atoms with van der Waals surface area (Å²) >= 11 is 0. The lowest BCUT2D eigenvalue weighted by atomic mass is 9.78. The van der Waals surface area contributed by atoms with E-state index in [1.54, 1.807) is 0 Å². The topological polar surface area (TPSA) is 103 Å². The number of H-pyrrole nitrogens is 1. The molecule has 1 fully saturated rings. The predicted molar refractivity (Wildman–Crippen MR) is 111 cm³/mol. The van der Waals surface area contributed by atoms with Crippen LogP contribution < -0.4 is 11.2 Å². The summed E-state index contributed by atoms with van der Waals surface area (Å²) in [5.41, 5.74) is 8.94. The Bertz CT molecular complexity index is 1040. The molecule has 0 spiro atoms. The van der Waals surface area contributed by atoms with Crippen molar-refractivity contribution < 1.29 is 14.1 Å². The number of rotatable bonds is 4. The molecule has 0 atom stereocenters. The van der Waals surface area contributed by atoms with Crippen LogP contribution in [0.2, 0.25) is 0 Å². The summed E-state index contributed by atoms with van der Waals surface area (Å²) in [5, 5.41) is 10.3. The maximum Gasteiger partial charge on any atom is 0.494 e. The zero-order chi connectivity index (χ0) is 20.8. The van der Waals surface area contributed by atoms with E-state index in [1.165, 1.54) is 0 Å². The third-order valence-electron chi connectivity index (χ3n) is 5.69. The van der Waals surface area contributed by atoms with Gasteiger partial charge in [0.05, 0.1) is 11.2 Å². The van der Waals surface area contributed by atoms with Crippen molar-refractivity contribution in [1.82, 2.24) is 15.4 Å². The average molecular weight is 390 g/mol. The normalized spacial score (nSPS) is 17.4. The summed E-state index contributed by atoms with van der Waals surface area (Å²) in [6, 6.07) is 15.8. The maximum atomic E-state index is 11.5. The van der Waals surface area contributed by atoms with Gasteiger partial charge < -0.3 is 15.0 Å². The van der Waals surface area contributed by atoms with Crippen molar-refractivity contribution >= 4 is 18.5 Å². The number of carbonyl (C=O) groups excluding carboxylic acids is 1. The first-order valence-electron chi connectivity index (χ1n) is 9.45. The summed E-state index contributed by atoms with van der Waals surface area (Å²) in [6.45, 7) is 8.17. The van der Waals surface area contributed by atoms with Crippen molar-refractivity contribution in [3.05, 3.63) is 54.2 Å². The number of hydrogen-bond donors (Lipinski definition) is 2. The van der Waals surface area contributed by atoms with E-state index in [0.717, 1.165) is 22.2 Å². The zero-order valence-electron chi connectivity index (χ0n) is 16.9. The minimum absolute atomic E-state index is 0.125. The molecule has 1 saturated heterocycles. The average Bonchev–Trinajstić information content (AvgIpc) is 3.25. The van der Waals surface area contributed by atoms with Crippen LogP contribution in [0.1, 0.15) is 38.2 Å². The first-order chi connectivity index (χ1) is 13.7. The third kappa shape index (κ3) is 3.45. The van der Waals surface area contributed by atoms with Crippen LogP contribution in [-0.2, 0) is 9.31 Å². The van der Waals surface area contributed by atoms with Crippen LogP contribution >= 0.6 is 0 Å². The Morgan fingerprint density at radius 3 is 2.17 bits per heavy atom. The molecular weight excluding hydrogens is 367 g/mol. The van der Waals surface area contributed by atoms with E-state index < -0.39 is 13.0 Å². The van der Waals surface area contributed by atoms with Crippen LogP contribution in [0, 0.1) is 0 Å². The van der Waals surface area contributed by atoms with E-state index in [4.69, 9.17) is 15.0 Å². The summed E-state index contributed by atoms with van der Waals surface area (Å²) in [6.07, 6.45) is 0. The number of amides is 1. The molecule has 3 aromatic rings. The Morgan fingerprint density at radius 2 is 1.55 bits per heavy atom. The number of aromatic nitrogens is 3. The number of benzene rings is 2. The third-order valence-corrected chi connectivity index (χ3v) is 5.69. The largest absolute Gasteiger partial charge is 0.494 e. The highest BCUT2D eigenvalue weighted by Gasteiger charge is 2.51. The van der Waals surface area contributed by atoms with E-state index in [9.17, 15) is 4.79 Å². The highest BCUT2D eigenvalue weighted by Crippen LogP contribution is 2.36. The number of nitrogens with zero attached hydrogens (tertiary/aromatic N) is 2. The summed E-state index contributed by atoms with van der Waals surface area (Å²) in [5.74, 6) is -0.618. The molecule has 0 bridgehead atoms. The van der Waals surface area contributed by atoms with Crippen LogP contribution in [-0.4, -0.2) is 39.6 Å². The molecule has 0 unspecified atom stereocenters. The number of aromatic amines is 1. The van der Waals surface area contributed by atoms with Gasteiger partial charge in [0, 0.05) is 5.56 Å². The molecule has 8 heteroatoms. The van der Waals surface area contributed by atoms with Crippen molar-refractivity contribution in [2.24, 2.45) is 5.73 Å². The second kappa shape index (κ2) is 6.82. The van der Waals surface area contributed by atoms with Gasteiger partial charge >= 0.3 is 7.12 Å². The molecule has 0 radical (unpaired) electrons. The SMILES string of the molecule is CC1(C)OB(c2cccc(-c3ccc(-c4n[nH]nc4C(N)=O)cc3)c2)OC1(C)C. The van der Waals surface area contributed by atoms with Crippen molar-refractivity contribution in [3.63, 3.8) is 0 Å². The minimum Gasteiger partial charge on any atom is -0.399 e.